The van der Waals surface area contributed by atoms with Crippen molar-refractivity contribution in [2.24, 2.45) is 0 Å². The SMILES string of the molecule is COc1cc(C(=O)c2coc3c(O)c(C)ccc23)cc(C)c1C. The molecule has 4 heteroatoms. The quantitative estimate of drug-likeness (QED) is 0.733. The van der Waals surface area contributed by atoms with Crippen molar-refractivity contribution in [1.29, 1.82) is 0 Å². The second-order valence-corrected chi connectivity index (χ2v) is 5.71. The van der Waals surface area contributed by atoms with Gasteiger partial charge in [-0.05, 0) is 55.7 Å². The van der Waals surface area contributed by atoms with E-state index in [-0.39, 0.29) is 11.5 Å². The van der Waals surface area contributed by atoms with E-state index in [2.05, 4.69) is 0 Å². The summed E-state index contributed by atoms with van der Waals surface area (Å²) in [4.78, 5) is 12.9. The van der Waals surface area contributed by atoms with Crippen LogP contribution in [0.25, 0.3) is 11.0 Å². The smallest absolute Gasteiger partial charge is 0.197 e. The zero-order valence-corrected chi connectivity index (χ0v) is 13.6. The van der Waals surface area contributed by atoms with Crippen LogP contribution in [-0.2, 0) is 0 Å². The molecule has 0 fully saturated rings. The summed E-state index contributed by atoms with van der Waals surface area (Å²) in [7, 11) is 1.59. The number of ketones is 1. The first kappa shape index (κ1) is 15.2. The van der Waals surface area contributed by atoms with Crippen LogP contribution < -0.4 is 4.74 Å². The van der Waals surface area contributed by atoms with Gasteiger partial charge < -0.3 is 14.3 Å². The summed E-state index contributed by atoms with van der Waals surface area (Å²) in [5.74, 6) is 0.590. The molecular weight excluding hydrogens is 292 g/mol. The molecule has 1 heterocycles. The molecule has 0 bridgehead atoms. The highest BCUT2D eigenvalue weighted by atomic mass is 16.5. The van der Waals surface area contributed by atoms with Crippen molar-refractivity contribution < 1.29 is 19.1 Å². The van der Waals surface area contributed by atoms with Gasteiger partial charge in [0.05, 0.1) is 12.7 Å². The number of hydrogen-bond donors (Lipinski definition) is 1. The van der Waals surface area contributed by atoms with E-state index in [0.29, 0.717) is 33.4 Å². The lowest BCUT2D eigenvalue weighted by molar-refractivity contribution is 0.103. The number of methoxy groups -OCH3 is 1. The van der Waals surface area contributed by atoms with E-state index in [1.165, 1.54) is 6.26 Å². The number of carbonyl (C=O) groups excluding carboxylic acids is 1. The maximum atomic E-state index is 12.9. The lowest BCUT2D eigenvalue weighted by Gasteiger charge is -2.10. The van der Waals surface area contributed by atoms with Crippen LogP contribution in [0.15, 0.2) is 34.9 Å². The zero-order chi connectivity index (χ0) is 16.7. The lowest BCUT2D eigenvalue weighted by atomic mass is 9.97. The van der Waals surface area contributed by atoms with Gasteiger partial charge in [-0.3, -0.25) is 4.79 Å². The van der Waals surface area contributed by atoms with Crippen molar-refractivity contribution in [1.82, 2.24) is 0 Å². The summed E-state index contributed by atoms with van der Waals surface area (Å²) in [6.07, 6.45) is 1.40. The summed E-state index contributed by atoms with van der Waals surface area (Å²) in [6.45, 7) is 5.68. The van der Waals surface area contributed by atoms with Crippen molar-refractivity contribution in [2.45, 2.75) is 20.8 Å². The van der Waals surface area contributed by atoms with Gasteiger partial charge in [0.15, 0.2) is 17.1 Å². The van der Waals surface area contributed by atoms with E-state index in [9.17, 15) is 9.90 Å². The topological polar surface area (TPSA) is 59.7 Å². The Kier molecular flexibility index (Phi) is 3.60. The van der Waals surface area contributed by atoms with Crippen LogP contribution in [0.3, 0.4) is 0 Å². The van der Waals surface area contributed by atoms with Crippen LogP contribution in [0.2, 0.25) is 0 Å². The normalized spacial score (nSPS) is 11.0. The number of phenolic OH excluding ortho intramolecular Hbond substituents is 1. The average molecular weight is 310 g/mol. The van der Waals surface area contributed by atoms with Gasteiger partial charge in [0.2, 0.25) is 0 Å². The third-order valence-corrected chi connectivity index (χ3v) is 4.26. The van der Waals surface area contributed by atoms with Gasteiger partial charge in [-0.1, -0.05) is 6.07 Å². The molecule has 0 atom stereocenters. The number of hydrogen-bond acceptors (Lipinski definition) is 4. The highest BCUT2D eigenvalue weighted by Crippen LogP contribution is 2.33. The van der Waals surface area contributed by atoms with Crippen molar-refractivity contribution in [3.8, 4) is 11.5 Å². The third kappa shape index (κ3) is 2.36. The van der Waals surface area contributed by atoms with Crippen LogP contribution >= 0.6 is 0 Å². The fourth-order valence-corrected chi connectivity index (χ4v) is 2.68. The number of benzene rings is 2. The van der Waals surface area contributed by atoms with Crippen molar-refractivity contribution in [2.75, 3.05) is 7.11 Å². The minimum Gasteiger partial charge on any atom is -0.504 e. The number of furan rings is 1. The van der Waals surface area contributed by atoms with Crippen molar-refractivity contribution in [3.05, 3.63) is 58.3 Å². The summed E-state index contributed by atoms with van der Waals surface area (Å²) >= 11 is 0. The molecule has 0 radical (unpaired) electrons. The second kappa shape index (κ2) is 5.47. The Bertz CT molecular complexity index is 919. The van der Waals surface area contributed by atoms with Crippen LogP contribution in [-0.4, -0.2) is 18.0 Å². The number of phenols is 1. The Morgan fingerprint density at radius 2 is 1.87 bits per heavy atom. The summed E-state index contributed by atoms with van der Waals surface area (Å²) in [6, 6.07) is 7.13. The molecule has 0 spiro atoms. The van der Waals surface area contributed by atoms with E-state index in [4.69, 9.17) is 9.15 Å². The Morgan fingerprint density at radius 3 is 2.57 bits per heavy atom. The molecule has 23 heavy (non-hydrogen) atoms. The first-order valence-corrected chi connectivity index (χ1v) is 7.33. The van der Waals surface area contributed by atoms with Gasteiger partial charge >= 0.3 is 0 Å². The second-order valence-electron chi connectivity index (χ2n) is 5.71. The third-order valence-electron chi connectivity index (χ3n) is 4.26. The van der Waals surface area contributed by atoms with Crippen LogP contribution in [0.5, 0.6) is 11.5 Å². The number of aromatic hydroxyl groups is 1. The molecule has 0 aliphatic heterocycles. The van der Waals surface area contributed by atoms with Gasteiger partial charge in [0.1, 0.15) is 12.0 Å². The zero-order valence-electron chi connectivity index (χ0n) is 13.6. The molecule has 118 valence electrons. The van der Waals surface area contributed by atoms with Crippen LogP contribution in [0.4, 0.5) is 0 Å². The van der Waals surface area contributed by atoms with E-state index >= 15 is 0 Å². The van der Waals surface area contributed by atoms with E-state index in [1.807, 2.05) is 19.9 Å². The van der Waals surface area contributed by atoms with Gasteiger partial charge in [0, 0.05) is 10.9 Å². The maximum Gasteiger partial charge on any atom is 0.197 e. The number of ether oxygens (including phenoxy) is 1. The summed E-state index contributed by atoms with van der Waals surface area (Å²) in [5, 5.41) is 10.7. The van der Waals surface area contributed by atoms with Gasteiger partial charge in [0.25, 0.3) is 0 Å². The number of carbonyl (C=O) groups is 1. The van der Waals surface area contributed by atoms with Gasteiger partial charge in [-0.2, -0.15) is 0 Å². The standard InChI is InChI=1S/C19H18O4/c1-10-5-6-14-15(9-23-19(14)17(10)20)18(21)13-7-11(2)12(3)16(8-13)22-4/h5-9,20H,1-4H3. The summed E-state index contributed by atoms with van der Waals surface area (Å²) < 4.78 is 10.8. The van der Waals surface area contributed by atoms with Gasteiger partial charge in [-0.15, -0.1) is 0 Å². The Labute approximate surface area is 134 Å². The van der Waals surface area contributed by atoms with Crippen LogP contribution in [0.1, 0.15) is 32.6 Å². The Hall–Kier alpha value is -2.75. The molecule has 3 aromatic rings. The molecule has 0 saturated heterocycles. The molecule has 0 unspecified atom stereocenters. The summed E-state index contributed by atoms with van der Waals surface area (Å²) in [5.41, 5.74) is 4.00. The molecule has 3 rings (SSSR count). The number of rotatable bonds is 3. The lowest BCUT2D eigenvalue weighted by Crippen LogP contribution is -2.03. The molecule has 0 aliphatic rings. The fourth-order valence-electron chi connectivity index (χ4n) is 2.68. The van der Waals surface area contributed by atoms with Crippen molar-refractivity contribution >= 4 is 16.8 Å². The molecule has 1 aromatic heterocycles. The van der Waals surface area contributed by atoms with Crippen LogP contribution in [0, 0.1) is 20.8 Å². The van der Waals surface area contributed by atoms with E-state index in [1.54, 1.807) is 32.2 Å². The molecule has 4 nitrogen and oxygen atoms in total. The molecule has 0 amide bonds. The Balaban J connectivity index is 2.15. The fraction of sp³-hybridized carbons (Fsp3) is 0.211. The number of aryl methyl sites for hydroxylation is 2. The minimum atomic E-state index is -0.159. The van der Waals surface area contributed by atoms with E-state index in [0.717, 1.165) is 11.1 Å². The molecule has 0 saturated carbocycles. The first-order chi connectivity index (χ1) is 10.9. The monoisotopic (exact) mass is 310 g/mol. The highest BCUT2D eigenvalue weighted by Gasteiger charge is 2.20. The van der Waals surface area contributed by atoms with E-state index < -0.39 is 0 Å². The average Bonchev–Trinajstić information content (AvgIpc) is 2.97. The highest BCUT2D eigenvalue weighted by molar-refractivity contribution is 6.16. The first-order valence-electron chi connectivity index (χ1n) is 7.33. The van der Waals surface area contributed by atoms with Gasteiger partial charge in [-0.25, -0.2) is 0 Å². The number of fused-ring (bicyclic) bond motifs is 1. The maximum absolute atomic E-state index is 12.9. The minimum absolute atomic E-state index is 0.0687. The molecule has 2 aromatic carbocycles. The largest absolute Gasteiger partial charge is 0.504 e. The predicted molar refractivity (Wildman–Crippen MR) is 88.5 cm³/mol. The molecule has 1 N–H and O–H groups in total. The predicted octanol–water partition coefficient (Wildman–Crippen LogP) is 4.30. The van der Waals surface area contributed by atoms with Crippen molar-refractivity contribution in [3.63, 3.8) is 0 Å². The Morgan fingerprint density at radius 1 is 1.13 bits per heavy atom. The molecular formula is C19H18O4. The molecule has 0 aliphatic carbocycles.